The minimum absolute atomic E-state index is 0.731. The molecular formula is C9H19N3O2. The van der Waals surface area contributed by atoms with Crippen molar-refractivity contribution in [3.63, 3.8) is 0 Å². The van der Waals surface area contributed by atoms with Crippen molar-refractivity contribution in [3.8, 4) is 0 Å². The molecule has 5 nitrogen and oxygen atoms in total. The summed E-state index contributed by atoms with van der Waals surface area (Å²) in [6.07, 6.45) is 4.20. The van der Waals surface area contributed by atoms with Crippen LogP contribution in [0, 0.1) is 0 Å². The van der Waals surface area contributed by atoms with Gasteiger partial charge in [-0.1, -0.05) is 0 Å². The van der Waals surface area contributed by atoms with E-state index in [1.807, 2.05) is 0 Å². The van der Waals surface area contributed by atoms with E-state index in [-0.39, 0.29) is 0 Å². The van der Waals surface area contributed by atoms with Crippen LogP contribution in [-0.4, -0.2) is 47.2 Å². The Morgan fingerprint density at radius 2 is 2.14 bits per heavy atom. The monoisotopic (exact) mass is 201 g/mol. The molecule has 0 aliphatic carbocycles. The molecule has 0 unspecified atom stereocenters. The van der Waals surface area contributed by atoms with E-state index < -0.39 is 12.0 Å². The highest BCUT2D eigenvalue weighted by Gasteiger charge is 2.03. The largest absolute Gasteiger partial charge is 0.480 e. The van der Waals surface area contributed by atoms with E-state index in [2.05, 4.69) is 36.2 Å². The van der Waals surface area contributed by atoms with Gasteiger partial charge in [-0.3, -0.25) is 4.79 Å². The van der Waals surface area contributed by atoms with Crippen LogP contribution in [0.3, 0.4) is 0 Å². The van der Waals surface area contributed by atoms with Crippen LogP contribution in [-0.2, 0) is 4.79 Å². The third-order valence-electron chi connectivity index (χ3n) is 1.73. The zero-order chi connectivity index (χ0) is 11.1. The maximum atomic E-state index is 9.57. The highest BCUT2D eigenvalue weighted by Crippen LogP contribution is 2.00. The summed E-state index contributed by atoms with van der Waals surface area (Å²) < 4.78 is 0. The van der Waals surface area contributed by atoms with Gasteiger partial charge in [0.15, 0.2) is 0 Å². The Balaban J connectivity index is 0.000000255. The van der Waals surface area contributed by atoms with Gasteiger partial charge in [0.05, 0.1) is 6.67 Å². The predicted octanol–water partition coefficient (Wildman–Crippen LogP) is 0.101. The van der Waals surface area contributed by atoms with Crippen LogP contribution < -0.4 is 5.73 Å². The number of carboxylic acids is 1. The first-order chi connectivity index (χ1) is 6.47. The number of nitrogens with zero attached hydrogens (tertiary/aromatic N) is 2. The van der Waals surface area contributed by atoms with Crippen molar-refractivity contribution in [2.45, 2.75) is 19.9 Å². The van der Waals surface area contributed by atoms with Crippen molar-refractivity contribution in [1.29, 1.82) is 0 Å². The Bertz CT molecular complexity index is 204. The second kappa shape index (κ2) is 6.26. The van der Waals surface area contributed by atoms with Crippen LogP contribution in [0.2, 0.25) is 0 Å². The highest BCUT2D eigenvalue weighted by atomic mass is 16.4. The van der Waals surface area contributed by atoms with Crippen LogP contribution in [0.4, 0.5) is 0 Å². The first-order valence-electron chi connectivity index (χ1n) is 4.58. The summed E-state index contributed by atoms with van der Waals surface area (Å²) in [6, 6.07) is -0.731. The smallest absolute Gasteiger partial charge is 0.320 e. The van der Waals surface area contributed by atoms with Gasteiger partial charge < -0.3 is 20.6 Å². The average Bonchev–Trinajstić information content (AvgIpc) is 2.52. The Morgan fingerprint density at radius 3 is 2.29 bits per heavy atom. The third kappa shape index (κ3) is 5.42. The number of rotatable bonds is 2. The molecule has 0 aromatic heterocycles. The quantitative estimate of drug-likeness (QED) is 0.663. The van der Waals surface area contributed by atoms with E-state index >= 15 is 0 Å². The van der Waals surface area contributed by atoms with Crippen molar-refractivity contribution in [2.75, 3.05) is 20.3 Å². The van der Waals surface area contributed by atoms with Crippen LogP contribution in [0.15, 0.2) is 12.4 Å². The van der Waals surface area contributed by atoms with Gasteiger partial charge in [0, 0.05) is 26.0 Å². The summed E-state index contributed by atoms with van der Waals surface area (Å²) in [5.74, 6) is -0.963. The van der Waals surface area contributed by atoms with E-state index in [9.17, 15) is 4.79 Å². The number of aliphatic carboxylic acids is 1. The van der Waals surface area contributed by atoms with E-state index in [1.165, 1.54) is 6.92 Å². The Kier molecular flexibility index (Phi) is 5.71. The molecule has 0 fully saturated rings. The topological polar surface area (TPSA) is 69.8 Å². The molecule has 3 N–H and O–H groups in total. The Labute approximate surface area is 84.8 Å². The Morgan fingerprint density at radius 1 is 1.64 bits per heavy atom. The van der Waals surface area contributed by atoms with Gasteiger partial charge in [-0.15, -0.1) is 0 Å². The number of nitrogens with two attached hydrogens (primary N) is 1. The summed E-state index contributed by atoms with van der Waals surface area (Å²) in [5, 5.41) is 7.87. The minimum Gasteiger partial charge on any atom is -0.480 e. The summed E-state index contributed by atoms with van der Waals surface area (Å²) in [6.45, 7) is 5.74. The molecule has 0 saturated carbocycles. The lowest BCUT2D eigenvalue weighted by Crippen LogP contribution is -2.25. The lowest BCUT2D eigenvalue weighted by Gasteiger charge is -2.14. The van der Waals surface area contributed by atoms with E-state index in [1.54, 1.807) is 0 Å². The molecule has 1 rings (SSSR count). The zero-order valence-electron chi connectivity index (χ0n) is 8.97. The fourth-order valence-corrected chi connectivity index (χ4v) is 0.794. The lowest BCUT2D eigenvalue weighted by atomic mass is 10.4. The van der Waals surface area contributed by atoms with Gasteiger partial charge >= 0.3 is 5.97 Å². The van der Waals surface area contributed by atoms with Gasteiger partial charge in [-0.05, 0) is 13.8 Å². The van der Waals surface area contributed by atoms with Crippen molar-refractivity contribution >= 4 is 5.97 Å². The highest BCUT2D eigenvalue weighted by molar-refractivity contribution is 5.72. The fourth-order valence-electron chi connectivity index (χ4n) is 0.794. The molecule has 82 valence electrons. The summed E-state index contributed by atoms with van der Waals surface area (Å²) in [7, 11) is 2.08. The molecule has 0 aromatic carbocycles. The van der Waals surface area contributed by atoms with E-state index in [0.29, 0.717) is 0 Å². The van der Waals surface area contributed by atoms with Gasteiger partial charge in [0.25, 0.3) is 0 Å². The molecule has 0 saturated heterocycles. The fraction of sp³-hybridized carbons (Fsp3) is 0.667. The molecule has 0 radical (unpaired) electrons. The van der Waals surface area contributed by atoms with Crippen LogP contribution >= 0.6 is 0 Å². The van der Waals surface area contributed by atoms with Gasteiger partial charge in [0.2, 0.25) is 0 Å². The predicted molar refractivity (Wildman–Crippen MR) is 55.4 cm³/mol. The number of carbonyl (C=O) groups is 1. The molecule has 0 spiro atoms. The molecule has 1 aliphatic heterocycles. The molecular weight excluding hydrogens is 182 g/mol. The maximum absolute atomic E-state index is 9.57. The average molecular weight is 201 g/mol. The minimum atomic E-state index is -0.963. The van der Waals surface area contributed by atoms with E-state index in [0.717, 1.165) is 13.2 Å². The lowest BCUT2D eigenvalue weighted by molar-refractivity contribution is -0.138. The summed E-state index contributed by atoms with van der Waals surface area (Å²) in [5.41, 5.74) is 4.84. The number of hydrogen-bond acceptors (Lipinski definition) is 4. The maximum Gasteiger partial charge on any atom is 0.320 e. The molecule has 1 heterocycles. The summed E-state index contributed by atoms with van der Waals surface area (Å²) >= 11 is 0. The number of hydrogen-bond donors (Lipinski definition) is 2. The second-order valence-corrected chi connectivity index (χ2v) is 3.23. The summed E-state index contributed by atoms with van der Waals surface area (Å²) in [4.78, 5) is 14.0. The molecule has 1 atom stereocenters. The van der Waals surface area contributed by atoms with Crippen molar-refractivity contribution in [1.82, 2.24) is 9.80 Å². The zero-order valence-corrected chi connectivity index (χ0v) is 8.97. The standard InChI is InChI=1S/C6H12N2.C3H7NO2/c1-3-8-5-4-7(2)6-8;1-2(4)3(5)6/h4-5H,3,6H2,1-2H3;2H,4H2,1H3,(H,5,6)/t;2-/m.0/s1. The van der Waals surface area contributed by atoms with Crippen LogP contribution in [0.1, 0.15) is 13.8 Å². The molecule has 14 heavy (non-hydrogen) atoms. The normalized spacial score (nSPS) is 16.3. The number of carboxylic acid groups (broad SMARTS) is 1. The molecule has 0 amide bonds. The molecule has 1 aliphatic rings. The third-order valence-corrected chi connectivity index (χ3v) is 1.73. The van der Waals surface area contributed by atoms with Crippen LogP contribution in [0.25, 0.3) is 0 Å². The SMILES string of the molecule is CCN1C=CN(C)C1.C[C@H](N)C(=O)O. The molecule has 0 aromatic rings. The van der Waals surface area contributed by atoms with Gasteiger partial charge in [-0.25, -0.2) is 0 Å². The Hall–Kier alpha value is -1.23. The van der Waals surface area contributed by atoms with E-state index in [4.69, 9.17) is 10.8 Å². The van der Waals surface area contributed by atoms with Crippen molar-refractivity contribution in [2.24, 2.45) is 5.73 Å². The van der Waals surface area contributed by atoms with Crippen LogP contribution in [0.5, 0.6) is 0 Å². The molecule has 0 bridgehead atoms. The van der Waals surface area contributed by atoms with Crippen molar-refractivity contribution in [3.05, 3.63) is 12.4 Å². The molecule has 5 heteroatoms. The first kappa shape index (κ1) is 12.8. The first-order valence-corrected chi connectivity index (χ1v) is 4.58. The van der Waals surface area contributed by atoms with Crippen molar-refractivity contribution < 1.29 is 9.90 Å². The van der Waals surface area contributed by atoms with Gasteiger partial charge in [0.1, 0.15) is 6.04 Å². The second-order valence-electron chi connectivity index (χ2n) is 3.23. The van der Waals surface area contributed by atoms with Gasteiger partial charge in [-0.2, -0.15) is 0 Å².